The molecule has 0 atom stereocenters. The Morgan fingerprint density at radius 2 is 2.20 bits per heavy atom. The number of nitrogens with one attached hydrogen (secondary N) is 1. The molecule has 1 N–H and O–H groups in total. The average molecular weight is 294 g/mol. The van der Waals surface area contributed by atoms with Gasteiger partial charge >= 0.3 is 0 Å². The van der Waals surface area contributed by atoms with Crippen molar-refractivity contribution >= 4 is 23.2 Å². The van der Waals surface area contributed by atoms with Crippen molar-refractivity contribution in [3.8, 4) is 5.75 Å². The fourth-order valence-electron chi connectivity index (χ4n) is 1.83. The molecule has 106 valence electrons. The van der Waals surface area contributed by atoms with Crippen LogP contribution in [0.5, 0.6) is 5.75 Å². The predicted molar refractivity (Wildman–Crippen MR) is 78.3 cm³/mol. The molecule has 0 aliphatic carbocycles. The number of benzene rings is 1. The molecule has 1 aromatic heterocycles. The first kappa shape index (κ1) is 14.4. The number of anilines is 1. The molecule has 0 spiro atoms. The van der Waals surface area contributed by atoms with Gasteiger partial charge in [0.2, 0.25) is 5.91 Å². The van der Waals surface area contributed by atoms with E-state index in [0.29, 0.717) is 22.2 Å². The third-order valence-electron chi connectivity index (χ3n) is 2.82. The van der Waals surface area contributed by atoms with Crippen LogP contribution in [0, 0.1) is 13.8 Å². The topological polar surface area (TPSA) is 56.1 Å². The van der Waals surface area contributed by atoms with Crippen molar-refractivity contribution in [3.05, 3.63) is 40.7 Å². The highest BCUT2D eigenvalue weighted by atomic mass is 35.5. The normalized spacial score (nSPS) is 10.4. The first-order valence-corrected chi connectivity index (χ1v) is 6.51. The number of halogens is 1. The molecular formula is C14H16ClN3O2. The van der Waals surface area contributed by atoms with Crippen LogP contribution in [0.2, 0.25) is 5.02 Å². The van der Waals surface area contributed by atoms with E-state index in [4.69, 9.17) is 16.3 Å². The third kappa shape index (κ3) is 3.30. The van der Waals surface area contributed by atoms with Gasteiger partial charge in [-0.05, 0) is 31.5 Å². The molecule has 0 saturated heterocycles. The van der Waals surface area contributed by atoms with E-state index in [1.165, 1.54) is 4.68 Å². The van der Waals surface area contributed by atoms with E-state index in [1.807, 2.05) is 25.1 Å². The van der Waals surface area contributed by atoms with Crippen molar-refractivity contribution in [1.82, 2.24) is 9.78 Å². The van der Waals surface area contributed by atoms with Gasteiger partial charge in [-0.25, -0.2) is 0 Å². The molecule has 0 radical (unpaired) electrons. The van der Waals surface area contributed by atoms with Gasteiger partial charge in [-0.1, -0.05) is 17.7 Å². The number of hydrogen-bond donors (Lipinski definition) is 1. The smallest absolute Gasteiger partial charge is 0.246 e. The van der Waals surface area contributed by atoms with E-state index < -0.39 is 0 Å². The quantitative estimate of drug-likeness (QED) is 0.943. The number of ether oxygens (including phenoxy) is 1. The van der Waals surface area contributed by atoms with E-state index >= 15 is 0 Å². The summed E-state index contributed by atoms with van der Waals surface area (Å²) < 4.78 is 6.73. The summed E-state index contributed by atoms with van der Waals surface area (Å²) in [5.41, 5.74) is 2.39. The standard InChI is InChI=1S/C14H16ClN3O2/c1-9-4-5-13(20-3)12(6-9)16-14(19)8-18-7-11(15)10(2)17-18/h4-7H,8H2,1-3H3,(H,16,19). The van der Waals surface area contributed by atoms with Crippen molar-refractivity contribution < 1.29 is 9.53 Å². The maximum absolute atomic E-state index is 12.0. The Bertz CT molecular complexity index is 618. The van der Waals surface area contributed by atoms with Crippen molar-refractivity contribution in [2.45, 2.75) is 20.4 Å². The van der Waals surface area contributed by atoms with Gasteiger partial charge in [-0.2, -0.15) is 5.10 Å². The Hall–Kier alpha value is -2.01. The second-order valence-electron chi connectivity index (χ2n) is 4.51. The van der Waals surface area contributed by atoms with Gasteiger partial charge in [-0.15, -0.1) is 0 Å². The Labute approximate surface area is 122 Å². The highest BCUT2D eigenvalue weighted by Gasteiger charge is 2.10. The zero-order valence-electron chi connectivity index (χ0n) is 11.6. The Balaban J connectivity index is 2.10. The summed E-state index contributed by atoms with van der Waals surface area (Å²) in [6.07, 6.45) is 1.63. The molecule has 2 aromatic rings. The molecular weight excluding hydrogens is 278 g/mol. The van der Waals surface area contributed by atoms with Crippen molar-refractivity contribution in [3.63, 3.8) is 0 Å². The van der Waals surface area contributed by atoms with E-state index in [2.05, 4.69) is 10.4 Å². The summed E-state index contributed by atoms with van der Waals surface area (Å²) in [7, 11) is 1.57. The van der Waals surface area contributed by atoms with Crippen molar-refractivity contribution in [2.75, 3.05) is 12.4 Å². The molecule has 0 bridgehead atoms. The van der Waals surface area contributed by atoms with Gasteiger partial charge in [0.05, 0.1) is 23.5 Å². The monoisotopic (exact) mass is 293 g/mol. The number of rotatable bonds is 4. The zero-order chi connectivity index (χ0) is 14.7. The van der Waals surface area contributed by atoms with Crippen LogP contribution in [0.1, 0.15) is 11.3 Å². The second-order valence-corrected chi connectivity index (χ2v) is 4.92. The van der Waals surface area contributed by atoms with Crippen LogP contribution in [-0.4, -0.2) is 22.8 Å². The lowest BCUT2D eigenvalue weighted by atomic mass is 10.2. The molecule has 0 unspecified atom stereocenters. The minimum atomic E-state index is -0.187. The van der Waals surface area contributed by atoms with Crippen LogP contribution >= 0.6 is 11.6 Å². The lowest BCUT2D eigenvalue weighted by molar-refractivity contribution is -0.116. The van der Waals surface area contributed by atoms with Gasteiger partial charge in [0, 0.05) is 6.20 Å². The molecule has 20 heavy (non-hydrogen) atoms. The van der Waals surface area contributed by atoms with Gasteiger partial charge < -0.3 is 10.1 Å². The summed E-state index contributed by atoms with van der Waals surface area (Å²) in [6.45, 7) is 3.84. The number of aryl methyl sites for hydroxylation is 2. The predicted octanol–water partition coefficient (Wildman–Crippen LogP) is 2.80. The molecule has 5 nitrogen and oxygen atoms in total. The Kier molecular flexibility index (Phi) is 4.29. The SMILES string of the molecule is COc1ccc(C)cc1NC(=O)Cn1cc(Cl)c(C)n1. The highest BCUT2D eigenvalue weighted by molar-refractivity contribution is 6.31. The molecule has 0 fully saturated rings. The van der Waals surface area contributed by atoms with Gasteiger partial charge in [0.1, 0.15) is 12.3 Å². The van der Waals surface area contributed by atoms with Crippen molar-refractivity contribution in [1.29, 1.82) is 0 Å². The highest BCUT2D eigenvalue weighted by Crippen LogP contribution is 2.25. The molecule has 1 amide bonds. The Morgan fingerprint density at radius 3 is 2.80 bits per heavy atom. The van der Waals surface area contributed by atoms with Crippen LogP contribution < -0.4 is 10.1 Å². The summed E-state index contributed by atoms with van der Waals surface area (Å²) in [6, 6.07) is 5.60. The summed E-state index contributed by atoms with van der Waals surface area (Å²) in [4.78, 5) is 12.0. The zero-order valence-corrected chi connectivity index (χ0v) is 12.4. The molecule has 0 aliphatic heterocycles. The first-order valence-electron chi connectivity index (χ1n) is 6.13. The number of amides is 1. The molecule has 6 heteroatoms. The largest absolute Gasteiger partial charge is 0.495 e. The minimum absolute atomic E-state index is 0.102. The van der Waals surface area contributed by atoms with Gasteiger partial charge in [0.15, 0.2) is 0 Å². The summed E-state index contributed by atoms with van der Waals surface area (Å²) >= 11 is 5.91. The van der Waals surface area contributed by atoms with Crippen molar-refractivity contribution in [2.24, 2.45) is 0 Å². The van der Waals surface area contributed by atoms with Gasteiger partial charge in [-0.3, -0.25) is 9.48 Å². The number of hydrogen-bond acceptors (Lipinski definition) is 3. The lowest BCUT2D eigenvalue weighted by Gasteiger charge is -2.11. The molecule has 0 aliphatic rings. The summed E-state index contributed by atoms with van der Waals surface area (Å²) in [5, 5.41) is 7.50. The number of carbonyl (C=O) groups is 1. The number of carbonyl (C=O) groups excluding carboxylic acids is 1. The number of methoxy groups -OCH3 is 1. The van der Waals surface area contributed by atoms with E-state index in [-0.39, 0.29) is 12.5 Å². The van der Waals surface area contributed by atoms with E-state index in [9.17, 15) is 4.79 Å². The maximum Gasteiger partial charge on any atom is 0.246 e. The van der Waals surface area contributed by atoms with Crippen LogP contribution in [-0.2, 0) is 11.3 Å². The third-order valence-corrected chi connectivity index (χ3v) is 3.19. The maximum atomic E-state index is 12.0. The van der Waals surface area contributed by atoms with E-state index in [1.54, 1.807) is 20.2 Å². The first-order chi connectivity index (χ1) is 9.49. The van der Waals surface area contributed by atoms with E-state index in [0.717, 1.165) is 5.56 Å². The van der Waals surface area contributed by atoms with Crippen LogP contribution in [0.4, 0.5) is 5.69 Å². The van der Waals surface area contributed by atoms with Crippen LogP contribution in [0.15, 0.2) is 24.4 Å². The minimum Gasteiger partial charge on any atom is -0.495 e. The number of nitrogens with zero attached hydrogens (tertiary/aromatic N) is 2. The molecule has 0 saturated carbocycles. The lowest BCUT2D eigenvalue weighted by Crippen LogP contribution is -2.19. The van der Waals surface area contributed by atoms with Crippen LogP contribution in [0.25, 0.3) is 0 Å². The fourth-order valence-corrected chi connectivity index (χ4v) is 1.98. The van der Waals surface area contributed by atoms with Crippen LogP contribution in [0.3, 0.4) is 0 Å². The average Bonchev–Trinajstić information content (AvgIpc) is 2.68. The second kappa shape index (κ2) is 5.96. The molecule has 1 aromatic carbocycles. The molecule has 1 heterocycles. The summed E-state index contributed by atoms with van der Waals surface area (Å²) in [5.74, 6) is 0.437. The number of aromatic nitrogens is 2. The fraction of sp³-hybridized carbons (Fsp3) is 0.286. The molecule has 2 rings (SSSR count). The van der Waals surface area contributed by atoms with Gasteiger partial charge in [0.25, 0.3) is 0 Å². The Morgan fingerprint density at radius 1 is 1.45 bits per heavy atom.